The molecule has 2 unspecified atom stereocenters. The number of benzene rings is 1. The lowest BCUT2D eigenvalue weighted by Gasteiger charge is -2.26. The van der Waals surface area contributed by atoms with Crippen molar-refractivity contribution in [3.63, 3.8) is 0 Å². The lowest BCUT2D eigenvalue weighted by Crippen LogP contribution is -2.32. The molecule has 5 rings (SSSR count). The van der Waals surface area contributed by atoms with Gasteiger partial charge in [-0.1, -0.05) is 25.1 Å². The Labute approximate surface area is 221 Å². The van der Waals surface area contributed by atoms with Crippen LogP contribution >= 0.6 is 0 Å². The van der Waals surface area contributed by atoms with Crippen molar-refractivity contribution in [3.8, 4) is 5.88 Å². The Morgan fingerprint density at radius 1 is 1.16 bits per heavy atom. The molecule has 0 bridgehead atoms. The molecule has 1 N–H and O–H groups in total. The van der Waals surface area contributed by atoms with Crippen LogP contribution in [0.4, 0.5) is 0 Å². The molecular formula is C27H29N5O5S. The Bertz CT molecular complexity index is 1650. The predicted octanol–water partition coefficient (Wildman–Crippen LogP) is 3.49. The normalized spacial score (nSPS) is 16.8. The van der Waals surface area contributed by atoms with Gasteiger partial charge in [0, 0.05) is 31.4 Å². The fourth-order valence-corrected chi connectivity index (χ4v) is 6.51. The average Bonchev–Trinajstić information content (AvgIpc) is 3.22. The van der Waals surface area contributed by atoms with Gasteiger partial charge in [-0.15, -0.1) is 10.2 Å². The van der Waals surface area contributed by atoms with Crippen molar-refractivity contribution in [3.05, 3.63) is 82.4 Å². The van der Waals surface area contributed by atoms with Crippen LogP contribution in [0.1, 0.15) is 46.5 Å². The fraction of sp³-hybridized carbons (Fsp3) is 0.333. The summed E-state index contributed by atoms with van der Waals surface area (Å²) >= 11 is 0. The van der Waals surface area contributed by atoms with E-state index in [9.17, 15) is 18.3 Å². The number of hydrogen-bond acceptors (Lipinski definition) is 7. The summed E-state index contributed by atoms with van der Waals surface area (Å²) < 4.78 is 35.8. The van der Waals surface area contributed by atoms with Crippen molar-refractivity contribution in [2.24, 2.45) is 5.92 Å². The third-order valence-electron chi connectivity index (χ3n) is 7.27. The summed E-state index contributed by atoms with van der Waals surface area (Å²) in [6, 6.07) is 10.7. The second-order valence-electron chi connectivity index (χ2n) is 9.62. The van der Waals surface area contributed by atoms with Crippen LogP contribution in [-0.2, 0) is 21.4 Å². The van der Waals surface area contributed by atoms with Gasteiger partial charge in [0.2, 0.25) is 15.9 Å². The molecule has 4 aromatic rings. The number of hydrogen-bond donors (Lipinski definition) is 1. The molecule has 0 radical (unpaired) electrons. The summed E-state index contributed by atoms with van der Waals surface area (Å²) in [6.07, 6.45) is 3.36. The first-order valence-electron chi connectivity index (χ1n) is 12.3. The van der Waals surface area contributed by atoms with Crippen molar-refractivity contribution in [2.45, 2.75) is 45.1 Å². The summed E-state index contributed by atoms with van der Waals surface area (Å²) in [6.45, 7) is 7.85. The minimum atomic E-state index is -3.84. The summed E-state index contributed by atoms with van der Waals surface area (Å²) in [7, 11) is -3.84. The number of sulfonamides is 1. The van der Waals surface area contributed by atoms with Gasteiger partial charge in [-0.25, -0.2) is 13.4 Å². The zero-order valence-corrected chi connectivity index (χ0v) is 22.4. The van der Waals surface area contributed by atoms with Crippen molar-refractivity contribution in [1.82, 2.24) is 23.9 Å². The van der Waals surface area contributed by atoms with E-state index in [0.29, 0.717) is 5.65 Å². The van der Waals surface area contributed by atoms with Gasteiger partial charge >= 0.3 is 5.97 Å². The maximum atomic E-state index is 13.5. The van der Waals surface area contributed by atoms with Gasteiger partial charge in [0.05, 0.1) is 5.92 Å². The molecule has 1 aromatic carbocycles. The zero-order chi connectivity index (χ0) is 27.2. The average molecular weight is 536 g/mol. The molecule has 10 nitrogen and oxygen atoms in total. The molecule has 0 saturated heterocycles. The van der Waals surface area contributed by atoms with Crippen molar-refractivity contribution in [2.75, 3.05) is 13.2 Å². The van der Waals surface area contributed by atoms with Crippen LogP contribution in [-0.4, -0.2) is 56.5 Å². The van der Waals surface area contributed by atoms with E-state index in [1.54, 1.807) is 13.0 Å². The summed E-state index contributed by atoms with van der Waals surface area (Å²) in [5.74, 6) is -1.31. The second kappa shape index (κ2) is 9.80. The zero-order valence-electron chi connectivity index (χ0n) is 21.6. The van der Waals surface area contributed by atoms with Gasteiger partial charge in [-0.3, -0.25) is 9.20 Å². The third-order valence-corrected chi connectivity index (χ3v) is 9.13. The van der Waals surface area contributed by atoms with E-state index in [2.05, 4.69) is 15.2 Å². The topological polar surface area (TPSA) is 127 Å². The molecule has 0 saturated carbocycles. The number of fused-ring (bicyclic) bond motifs is 2. The first kappa shape index (κ1) is 25.8. The van der Waals surface area contributed by atoms with Gasteiger partial charge in [-0.05, 0) is 66.8 Å². The van der Waals surface area contributed by atoms with E-state index in [1.807, 2.05) is 55.6 Å². The van der Waals surface area contributed by atoms with Crippen LogP contribution in [0.3, 0.4) is 0 Å². The summed E-state index contributed by atoms with van der Waals surface area (Å²) in [5, 5.41) is 18.5. The van der Waals surface area contributed by atoms with E-state index in [-0.39, 0.29) is 30.5 Å². The number of carboxylic acids is 1. The summed E-state index contributed by atoms with van der Waals surface area (Å²) in [4.78, 5) is 16.4. The van der Waals surface area contributed by atoms with E-state index >= 15 is 0 Å². The summed E-state index contributed by atoms with van der Waals surface area (Å²) in [5.41, 5.74) is 4.85. The van der Waals surface area contributed by atoms with Gasteiger partial charge in [-0.2, -0.15) is 4.31 Å². The highest BCUT2D eigenvalue weighted by molar-refractivity contribution is 7.89. The Morgan fingerprint density at radius 2 is 1.95 bits per heavy atom. The molecule has 38 heavy (non-hydrogen) atoms. The molecule has 1 aliphatic heterocycles. The van der Waals surface area contributed by atoms with E-state index in [4.69, 9.17) is 4.74 Å². The molecular weight excluding hydrogens is 506 g/mol. The Kier molecular flexibility index (Phi) is 6.66. The molecule has 0 spiro atoms. The first-order valence-corrected chi connectivity index (χ1v) is 13.7. The van der Waals surface area contributed by atoms with Crippen LogP contribution in [0, 0.1) is 26.7 Å². The van der Waals surface area contributed by atoms with Crippen molar-refractivity contribution < 1.29 is 23.1 Å². The Hall–Kier alpha value is -3.83. The van der Waals surface area contributed by atoms with E-state index in [0.717, 1.165) is 33.6 Å². The van der Waals surface area contributed by atoms with Crippen LogP contribution in [0.15, 0.2) is 53.7 Å². The maximum absolute atomic E-state index is 13.5. The standard InChI is InChI=1S/C27H29N5O5S/c1-16-7-8-20(14-21(16)15-31-12-13-37-26-23(38(31,35)36)6-5-10-28-26)24(18(3)27(33)34)22-9-11-32-19(4)29-30-25(32)17(22)2/h5-11,14,18,24H,12-13,15H2,1-4H3,(H,33,34). The highest BCUT2D eigenvalue weighted by Crippen LogP contribution is 2.37. The van der Waals surface area contributed by atoms with E-state index < -0.39 is 27.8 Å². The monoisotopic (exact) mass is 535 g/mol. The minimum Gasteiger partial charge on any atom is -0.481 e. The number of carbonyl (C=O) groups is 1. The van der Waals surface area contributed by atoms with Gasteiger partial charge in [0.15, 0.2) is 5.65 Å². The number of carboxylic acid groups (broad SMARTS) is 1. The molecule has 4 heterocycles. The number of pyridine rings is 2. The van der Waals surface area contributed by atoms with Crippen molar-refractivity contribution in [1.29, 1.82) is 0 Å². The number of rotatable bonds is 6. The number of aliphatic carboxylic acids is 1. The fourth-order valence-electron chi connectivity index (χ4n) is 5.02. The van der Waals surface area contributed by atoms with E-state index in [1.165, 1.54) is 16.6 Å². The number of aryl methyl sites for hydroxylation is 3. The van der Waals surface area contributed by atoms with Crippen LogP contribution in [0.2, 0.25) is 0 Å². The smallest absolute Gasteiger partial charge is 0.307 e. The molecule has 3 aromatic heterocycles. The van der Waals surface area contributed by atoms with Crippen molar-refractivity contribution >= 4 is 21.6 Å². The highest BCUT2D eigenvalue weighted by atomic mass is 32.2. The minimum absolute atomic E-state index is 0.0382. The Balaban J connectivity index is 1.57. The van der Waals surface area contributed by atoms with Crippen LogP contribution in [0.25, 0.3) is 5.65 Å². The number of ether oxygens (including phenoxy) is 1. The lowest BCUT2D eigenvalue weighted by molar-refractivity contribution is -0.141. The number of nitrogens with zero attached hydrogens (tertiary/aromatic N) is 5. The second-order valence-corrected chi connectivity index (χ2v) is 11.5. The Morgan fingerprint density at radius 3 is 2.71 bits per heavy atom. The highest BCUT2D eigenvalue weighted by Gasteiger charge is 2.33. The quantitative estimate of drug-likeness (QED) is 0.398. The third kappa shape index (κ3) is 4.41. The van der Waals surface area contributed by atoms with Gasteiger partial charge in [0.1, 0.15) is 17.3 Å². The van der Waals surface area contributed by atoms with Crippen LogP contribution < -0.4 is 4.74 Å². The SMILES string of the molecule is Cc1ccc(C(c2ccn3c(C)nnc3c2C)C(C)C(=O)O)cc1CN1CCOc2ncccc2S1(=O)=O. The largest absolute Gasteiger partial charge is 0.481 e. The molecule has 11 heteroatoms. The lowest BCUT2D eigenvalue weighted by atomic mass is 9.79. The van der Waals surface area contributed by atoms with Gasteiger partial charge < -0.3 is 9.84 Å². The predicted molar refractivity (Wildman–Crippen MR) is 140 cm³/mol. The van der Waals surface area contributed by atoms with Crippen LogP contribution in [0.5, 0.6) is 5.88 Å². The molecule has 0 amide bonds. The molecule has 0 aliphatic carbocycles. The molecule has 0 fully saturated rings. The van der Waals surface area contributed by atoms with Gasteiger partial charge in [0.25, 0.3) is 0 Å². The first-order chi connectivity index (χ1) is 18.1. The molecule has 2 atom stereocenters. The maximum Gasteiger partial charge on any atom is 0.307 e. The molecule has 198 valence electrons. The molecule has 1 aliphatic rings. The number of aromatic nitrogens is 4.